The lowest BCUT2D eigenvalue weighted by atomic mass is 10.0. The summed E-state index contributed by atoms with van der Waals surface area (Å²) >= 11 is 12.2. The second-order valence-corrected chi connectivity index (χ2v) is 10.4. The second-order valence-electron chi connectivity index (χ2n) is 9.60. The summed E-state index contributed by atoms with van der Waals surface area (Å²) in [5.74, 6) is -0.0200. The molecule has 1 aliphatic rings. The van der Waals surface area contributed by atoms with E-state index in [1.165, 1.54) is 0 Å². The molecule has 1 heterocycles. The van der Waals surface area contributed by atoms with Crippen LogP contribution >= 0.6 is 35.6 Å². The Morgan fingerprint density at radius 3 is 2.37 bits per heavy atom. The fourth-order valence-corrected chi connectivity index (χ4v) is 4.80. The first-order valence-corrected chi connectivity index (χ1v) is 14.2. The molecule has 0 spiro atoms. The van der Waals surface area contributed by atoms with Gasteiger partial charge in [-0.25, -0.2) is 4.79 Å². The molecule has 41 heavy (non-hydrogen) atoms. The average Bonchev–Trinajstić information content (AvgIpc) is 3.39. The molecule has 1 N–H and O–H groups in total. The minimum absolute atomic E-state index is 0. The van der Waals surface area contributed by atoms with Crippen LogP contribution in [0.3, 0.4) is 0 Å². The number of nitrogens with zero attached hydrogens (tertiary/aromatic N) is 2. The minimum Gasteiger partial charge on any atom is -0.447 e. The van der Waals surface area contributed by atoms with E-state index in [9.17, 15) is 9.59 Å². The van der Waals surface area contributed by atoms with Crippen LogP contribution in [0.15, 0.2) is 48.5 Å². The highest BCUT2D eigenvalue weighted by Gasteiger charge is 2.30. The van der Waals surface area contributed by atoms with Gasteiger partial charge in [0.15, 0.2) is 0 Å². The van der Waals surface area contributed by atoms with Crippen LogP contribution in [0.4, 0.5) is 4.79 Å². The smallest absolute Gasteiger partial charge is 0.407 e. The lowest BCUT2D eigenvalue weighted by Gasteiger charge is -2.32. The third-order valence-electron chi connectivity index (χ3n) is 6.67. The molecule has 0 radical (unpaired) electrons. The van der Waals surface area contributed by atoms with Crippen molar-refractivity contribution >= 4 is 47.6 Å². The summed E-state index contributed by atoms with van der Waals surface area (Å²) in [6.45, 7) is 4.55. The van der Waals surface area contributed by atoms with E-state index in [1.807, 2.05) is 43.4 Å². The van der Waals surface area contributed by atoms with Crippen LogP contribution in [-0.4, -0.2) is 101 Å². The average molecular weight is 633 g/mol. The van der Waals surface area contributed by atoms with Crippen molar-refractivity contribution in [3.05, 3.63) is 69.7 Å². The first-order chi connectivity index (χ1) is 19.4. The molecule has 2 atom stereocenters. The molecule has 1 aliphatic heterocycles. The number of ether oxygens (including phenoxy) is 4. The summed E-state index contributed by atoms with van der Waals surface area (Å²) in [6, 6.07) is 15.0. The Kier molecular flexibility index (Phi) is 16.4. The molecule has 1 saturated heterocycles. The van der Waals surface area contributed by atoms with Gasteiger partial charge in [0.25, 0.3) is 0 Å². The predicted octanol–water partition coefficient (Wildman–Crippen LogP) is 4.64. The van der Waals surface area contributed by atoms with Crippen molar-refractivity contribution in [2.45, 2.75) is 24.9 Å². The number of halogens is 3. The van der Waals surface area contributed by atoms with E-state index < -0.39 is 6.09 Å². The number of carbonyl (C=O) groups excluding carboxylic acids is 2. The lowest BCUT2D eigenvalue weighted by Crippen LogP contribution is -2.41. The molecule has 2 aromatic rings. The summed E-state index contributed by atoms with van der Waals surface area (Å²) in [7, 11) is 3.45. The van der Waals surface area contributed by atoms with Crippen molar-refractivity contribution in [1.82, 2.24) is 15.1 Å². The quantitative estimate of drug-likeness (QED) is 0.270. The number of likely N-dealkylation sites (tertiary alicyclic amines) is 1. The number of carbonyl (C=O) groups is 2. The Labute approximate surface area is 258 Å². The number of amides is 2. The molecule has 0 saturated carbocycles. The fraction of sp³-hybridized carbons (Fsp3) is 0.517. The first-order valence-electron chi connectivity index (χ1n) is 13.4. The van der Waals surface area contributed by atoms with E-state index in [0.717, 1.165) is 24.1 Å². The summed E-state index contributed by atoms with van der Waals surface area (Å²) in [5, 5.41) is 3.83. The Morgan fingerprint density at radius 2 is 1.68 bits per heavy atom. The number of methoxy groups -OCH3 is 1. The Bertz CT molecular complexity index is 1070. The molecule has 2 amide bonds. The summed E-state index contributed by atoms with van der Waals surface area (Å²) in [5.41, 5.74) is 1.86. The Hall–Kier alpha value is -2.11. The maximum atomic E-state index is 13.3. The van der Waals surface area contributed by atoms with Gasteiger partial charge in [-0.15, -0.1) is 12.4 Å². The third-order valence-corrected chi connectivity index (χ3v) is 7.41. The maximum Gasteiger partial charge on any atom is 0.407 e. The van der Waals surface area contributed by atoms with Gasteiger partial charge >= 0.3 is 6.09 Å². The van der Waals surface area contributed by atoms with E-state index in [2.05, 4.69) is 10.2 Å². The topological polar surface area (TPSA) is 89.6 Å². The third kappa shape index (κ3) is 12.3. The number of alkyl carbamates (subject to hydrolysis) is 1. The molecule has 0 unspecified atom stereocenters. The number of rotatable bonds is 16. The monoisotopic (exact) mass is 631 g/mol. The number of likely N-dealkylation sites (N-methyl/N-ethyl adjacent to an activating group) is 1. The number of hydrogen-bond acceptors (Lipinski definition) is 7. The van der Waals surface area contributed by atoms with E-state index >= 15 is 0 Å². The van der Waals surface area contributed by atoms with Crippen LogP contribution in [0.1, 0.15) is 23.6 Å². The molecule has 0 aromatic heterocycles. The number of benzene rings is 2. The lowest BCUT2D eigenvalue weighted by molar-refractivity contribution is -0.131. The SMILES string of the molecule is COCCOCCOCCOC(=O)N[C@H]1CCN(C[C@@H](c2ccccc2)N(C)C(=O)Cc2ccc(Cl)c(Cl)c2)C1.Cl. The zero-order valence-electron chi connectivity index (χ0n) is 23.6. The normalized spacial score (nSPS) is 15.7. The Balaban J connectivity index is 0.00000588. The van der Waals surface area contributed by atoms with E-state index in [4.69, 9.17) is 42.1 Å². The molecule has 0 bridgehead atoms. The van der Waals surface area contributed by atoms with Crippen LogP contribution in [0, 0.1) is 0 Å². The van der Waals surface area contributed by atoms with Crippen LogP contribution in [0.5, 0.6) is 0 Å². The van der Waals surface area contributed by atoms with Gasteiger partial charge in [-0.3, -0.25) is 9.69 Å². The van der Waals surface area contributed by atoms with E-state index in [0.29, 0.717) is 56.2 Å². The predicted molar refractivity (Wildman–Crippen MR) is 162 cm³/mol. The molecule has 12 heteroatoms. The highest BCUT2D eigenvalue weighted by Crippen LogP contribution is 2.26. The zero-order chi connectivity index (χ0) is 28.7. The minimum atomic E-state index is -0.458. The maximum absolute atomic E-state index is 13.3. The molecule has 9 nitrogen and oxygen atoms in total. The van der Waals surface area contributed by atoms with Gasteiger partial charge < -0.3 is 29.2 Å². The van der Waals surface area contributed by atoms with Crippen LogP contribution in [0.2, 0.25) is 10.0 Å². The van der Waals surface area contributed by atoms with Crippen molar-refractivity contribution in [2.75, 3.05) is 73.4 Å². The van der Waals surface area contributed by atoms with Gasteiger partial charge in [0.2, 0.25) is 5.91 Å². The Morgan fingerprint density at radius 1 is 1.00 bits per heavy atom. The molecule has 1 fully saturated rings. The molecule has 228 valence electrons. The van der Waals surface area contributed by atoms with Crippen molar-refractivity contribution in [1.29, 1.82) is 0 Å². The van der Waals surface area contributed by atoms with E-state index in [-0.39, 0.29) is 43.4 Å². The highest BCUT2D eigenvalue weighted by molar-refractivity contribution is 6.42. The second kappa shape index (κ2) is 19.2. The van der Waals surface area contributed by atoms with Gasteiger partial charge in [-0.2, -0.15) is 0 Å². The van der Waals surface area contributed by atoms with Gasteiger partial charge in [0.1, 0.15) is 6.61 Å². The van der Waals surface area contributed by atoms with Gasteiger partial charge in [-0.1, -0.05) is 59.6 Å². The molecule has 0 aliphatic carbocycles. The highest BCUT2D eigenvalue weighted by atomic mass is 35.5. The van der Waals surface area contributed by atoms with Crippen molar-refractivity contribution < 1.29 is 28.5 Å². The molecular weight excluding hydrogens is 593 g/mol. The largest absolute Gasteiger partial charge is 0.447 e. The van der Waals surface area contributed by atoms with Crippen molar-refractivity contribution in [3.8, 4) is 0 Å². The van der Waals surface area contributed by atoms with Gasteiger partial charge in [0.05, 0.1) is 55.5 Å². The van der Waals surface area contributed by atoms with Crippen LogP contribution < -0.4 is 5.32 Å². The van der Waals surface area contributed by atoms with E-state index in [1.54, 1.807) is 24.1 Å². The van der Waals surface area contributed by atoms with Crippen molar-refractivity contribution in [3.63, 3.8) is 0 Å². The molecule has 3 rings (SSSR count). The number of hydrogen-bond donors (Lipinski definition) is 1. The summed E-state index contributed by atoms with van der Waals surface area (Å²) in [4.78, 5) is 29.6. The molecule has 2 aromatic carbocycles. The van der Waals surface area contributed by atoms with Gasteiger partial charge in [-0.05, 0) is 29.7 Å². The standard InChI is InChI=1S/C29H39Cl2N3O6.ClH/c1-33(28(35)19-22-8-9-25(30)26(31)18-22)27(23-6-4-3-5-7-23)21-34-11-10-24(20-34)32-29(36)40-17-16-39-15-14-38-13-12-37-2;/h3-9,18,24,27H,10-17,19-21H2,1-2H3,(H,32,36);1H/t24-,27-;/m0./s1. The summed E-state index contributed by atoms with van der Waals surface area (Å²) < 4.78 is 20.9. The van der Waals surface area contributed by atoms with Crippen LogP contribution in [-0.2, 0) is 30.2 Å². The van der Waals surface area contributed by atoms with Crippen molar-refractivity contribution in [2.24, 2.45) is 0 Å². The van der Waals surface area contributed by atoms with Gasteiger partial charge in [0, 0.05) is 39.8 Å². The first kappa shape index (κ1) is 35.1. The zero-order valence-corrected chi connectivity index (χ0v) is 25.9. The fourth-order valence-electron chi connectivity index (χ4n) is 4.48. The molecular formula is C29H40Cl3N3O6. The number of nitrogens with one attached hydrogen (secondary N) is 1. The summed E-state index contributed by atoms with van der Waals surface area (Å²) in [6.07, 6.45) is 0.560. The van der Waals surface area contributed by atoms with Crippen LogP contribution in [0.25, 0.3) is 0 Å².